The third-order valence-electron chi connectivity index (χ3n) is 4.96. The van der Waals surface area contributed by atoms with Crippen molar-refractivity contribution in [2.75, 3.05) is 0 Å². The van der Waals surface area contributed by atoms with Crippen LogP contribution in [0.2, 0.25) is 0 Å². The van der Waals surface area contributed by atoms with E-state index in [-0.39, 0.29) is 6.61 Å². The van der Waals surface area contributed by atoms with Gasteiger partial charge in [0.25, 0.3) is 0 Å². The van der Waals surface area contributed by atoms with Gasteiger partial charge in [-0.2, -0.15) is 0 Å². The number of hydrogen-bond acceptors (Lipinski definition) is 3. The summed E-state index contributed by atoms with van der Waals surface area (Å²) in [6.07, 6.45) is 5.64. The van der Waals surface area contributed by atoms with Gasteiger partial charge in [-0.3, -0.25) is 4.98 Å². The Kier molecular flexibility index (Phi) is 3.88. The van der Waals surface area contributed by atoms with E-state index < -0.39 is 5.82 Å². The van der Waals surface area contributed by atoms with Crippen LogP contribution in [0.15, 0.2) is 79.3 Å². The maximum absolute atomic E-state index is 14.0. The van der Waals surface area contributed by atoms with Crippen molar-refractivity contribution < 1.29 is 9.50 Å². The topological polar surface area (TPSA) is 50.4 Å². The first-order valence-corrected chi connectivity index (χ1v) is 8.96. The van der Waals surface area contributed by atoms with Gasteiger partial charge in [0.15, 0.2) is 0 Å². The molecule has 0 saturated carbocycles. The summed E-state index contributed by atoms with van der Waals surface area (Å²) in [7, 11) is 0. The zero-order valence-electron chi connectivity index (χ0n) is 14.9. The van der Waals surface area contributed by atoms with Crippen molar-refractivity contribution in [1.82, 2.24) is 14.4 Å². The molecule has 4 nitrogen and oxygen atoms in total. The number of aliphatic hydroxyl groups is 1. The van der Waals surface area contributed by atoms with E-state index in [9.17, 15) is 9.50 Å². The Morgan fingerprint density at radius 1 is 0.893 bits per heavy atom. The molecule has 0 radical (unpaired) electrons. The van der Waals surface area contributed by atoms with Crippen LogP contribution in [-0.4, -0.2) is 19.5 Å². The van der Waals surface area contributed by atoms with Crippen LogP contribution in [0.25, 0.3) is 38.9 Å². The second-order valence-corrected chi connectivity index (χ2v) is 6.61. The smallest absolute Gasteiger partial charge is 0.137 e. The average molecular weight is 369 g/mol. The van der Waals surface area contributed by atoms with Gasteiger partial charge in [-0.1, -0.05) is 30.3 Å². The summed E-state index contributed by atoms with van der Waals surface area (Å²) in [6, 6.07) is 18.5. The van der Waals surface area contributed by atoms with Crippen molar-refractivity contribution >= 4 is 16.6 Å². The molecule has 5 heteroatoms. The number of benzene rings is 2. The Morgan fingerprint density at radius 3 is 2.64 bits per heavy atom. The lowest BCUT2D eigenvalue weighted by Crippen LogP contribution is -1.95. The first kappa shape index (κ1) is 16.6. The Hall–Kier alpha value is -3.57. The molecule has 28 heavy (non-hydrogen) atoms. The minimum absolute atomic E-state index is 0.294. The standard InChI is InChI=1S/C23H16FN3O/c24-20-7-1-4-16(19(20)14-28)15-9-10-23-26-22(13-27(23)12-15)18-5-2-8-21-17(18)6-3-11-25-21/h1-13,28H,14H2. The molecule has 0 unspecified atom stereocenters. The molecule has 0 atom stereocenters. The molecular weight excluding hydrogens is 353 g/mol. The summed E-state index contributed by atoms with van der Waals surface area (Å²) in [5.74, 6) is -0.408. The lowest BCUT2D eigenvalue weighted by molar-refractivity contribution is 0.276. The van der Waals surface area contributed by atoms with Gasteiger partial charge in [0.1, 0.15) is 11.5 Å². The fourth-order valence-corrected chi connectivity index (χ4v) is 3.60. The summed E-state index contributed by atoms with van der Waals surface area (Å²) in [5, 5.41) is 10.6. The van der Waals surface area contributed by atoms with E-state index in [1.807, 2.05) is 65.3 Å². The van der Waals surface area contributed by atoms with E-state index >= 15 is 0 Å². The summed E-state index contributed by atoms with van der Waals surface area (Å²) in [6.45, 7) is -0.349. The molecule has 0 amide bonds. The molecule has 1 N–H and O–H groups in total. The van der Waals surface area contributed by atoms with E-state index in [0.717, 1.165) is 33.4 Å². The maximum atomic E-state index is 14.0. The van der Waals surface area contributed by atoms with E-state index in [2.05, 4.69) is 4.98 Å². The SMILES string of the molecule is OCc1c(F)cccc1-c1ccc2nc(-c3cccc4ncccc34)cn2c1. The molecule has 3 heterocycles. The summed E-state index contributed by atoms with van der Waals surface area (Å²) < 4.78 is 16.0. The molecule has 0 saturated heterocycles. The van der Waals surface area contributed by atoms with Gasteiger partial charge in [-0.25, -0.2) is 9.37 Å². The number of rotatable bonds is 3. The number of aromatic nitrogens is 3. The highest BCUT2D eigenvalue weighted by Crippen LogP contribution is 2.30. The monoisotopic (exact) mass is 369 g/mol. The van der Waals surface area contributed by atoms with Gasteiger partial charge in [0.2, 0.25) is 0 Å². The second kappa shape index (κ2) is 6.55. The first-order valence-electron chi connectivity index (χ1n) is 8.96. The molecule has 0 aliphatic carbocycles. The van der Waals surface area contributed by atoms with E-state index in [1.54, 1.807) is 12.3 Å². The Morgan fingerprint density at radius 2 is 1.75 bits per heavy atom. The number of hydrogen-bond donors (Lipinski definition) is 1. The number of aliphatic hydroxyl groups excluding tert-OH is 1. The van der Waals surface area contributed by atoms with Crippen molar-refractivity contribution in [3.63, 3.8) is 0 Å². The van der Waals surface area contributed by atoms with Gasteiger partial charge in [0, 0.05) is 35.1 Å². The predicted octanol–water partition coefficient (Wildman–Crippen LogP) is 4.85. The quantitative estimate of drug-likeness (QED) is 0.495. The van der Waals surface area contributed by atoms with Gasteiger partial charge < -0.3 is 9.51 Å². The number of fused-ring (bicyclic) bond motifs is 2. The lowest BCUT2D eigenvalue weighted by atomic mass is 10.0. The molecule has 5 aromatic rings. The van der Waals surface area contributed by atoms with Crippen molar-refractivity contribution in [2.24, 2.45) is 0 Å². The summed E-state index contributed by atoms with van der Waals surface area (Å²) in [5.41, 5.74) is 5.36. The fraction of sp³-hybridized carbons (Fsp3) is 0.0435. The van der Waals surface area contributed by atoms with Crippen molar-refractivity contribution in [2.45, 2.75) is 6.61 Å². The Balaban J connectivity index is 1.66. The Bertz CT molecular complexity index is 1320. The molecule has 2 aromatic carbocycles. The van der Waals surface area contributed by atoms with Crippen LogP contribution in [0.4, 0.5) is 4.39 Å². The zero-order chi connectivity index (χ0) is 19.1. The van der Waals surface area contributed by atoms with Crippen LogP contribution >= 0.6 is 0 Å². The zero-order valence-corrected chi connectivity index (χ0v) is 14.9. The van der Waals surface area contributed by atoms with Crippen LogP contribution in [0.3, 0.4) is 0 Å². The van der Waals surface area contributed by atoms with E-state index in [0.29, 0.717) is 11.1 Å². The minimum atomic E-state index is -0.408. The highest BCUT2D eigenvalue weighted by molar-refractivity contribution is 5.93. The predicted molar refractivity (Wildman–Crippen MR) is 107 cm³/mol. The van der Waals surface area contributed by atoms with Gasteiger partial charge in [0.05, 0.1) is 17.8 Å². The minimum Gasteiger partial charge on any atom is -0.392 e. The number of pyridine rings is 2. The highest BCUT2D eigenvalue weighted by Gasteiger charge is 2.12. The molecular formula is C23H16FN3O. The highest BCUT2D eigenvalue weighted by atomic mass is 19.1. The van der Waals surface area contributed by atoms with Crippen LogP contribution < -0.4 is 0 Å². The van der Waals surface area contributed by atoms with E-state index in [4.69, 9.17) is 4.98 Å². The number of imidazole rings is 1. The third kappa shape index (κ3) is 2.64. The Labute approximate surface area is 160 Å². The van der Waals surface area contributed by atoms with Gasteiger partial charge >= 0.3 is 0 Å². The van der Waals surface area contributed by atoms with Gasteiger partial charge in [-0.15, -0.1) is 0 Å². The molecule has 5 rings (SSSR count). The second-order valence-electron chi connectivity index (χ2n) is 6.61. The van der Waals surface area contributed by atoms with Gasteiger partial charge in [-0.05, 0) is 41.5 Å². The fourth-order valence-electron chi connectivity index (χ4n) is 3.60. The molecule has 0 aliphatic heterocycles. The maximum Gasteiger partial charge on any atom is 0.137 e. The first-order chi connectivity index (χ1) is 13.7. The van der Waals surface area contributed by atoms with Crippen LogP contribution in [0.1, 0.15) is 5.56 Å². The molecule has 0 aliphatic rings. The molecule has 0 spiro atoms. The molecule has 0 fully saturated rings. The number of halogens is 1. The number of nitrogens with zero attached hydrogens (tertiary/aromatic N) is 3. The van der Waals surface area contributed by atoms with Crippen molar-refractivity contribution in [3.8, 4) is 22.4 Å². The normalized spacial score (nSPS) is 11.4. The van der Waals surface area contributed by atoms with E-state index in [1.165, 1.54) is 6.07 Å². The summed E-state index contributed by atoms with van der Waals surface area (Å²) >= 11 is 0. The van der Waals surface area contributed by atoms with Crippen LogP contribution in [-0.2, 0) is 6.61 Å². The molecule has 136 valence electrons. The third-order valence-corrected chi connectivity index (χ3v) is 4.96. The lowest BCUT2D eigenvalue weighted by Gasteiger charge is -2.09. The van der Waals surface area contributed by atoms with Crippen LogP contribution in [0.5, 0.6) is 0 Å². The summed E-state index contributed by atoms with van der Waals surface area (Å²) in [4.78, 5) is 9.15. The largest absolute Gasteiger partial charge is 0.392 e. The molecule has 0 bridgehead atoms. The molecule has 3 aromatic heterocycles. The van der Waals surface area contributed by atoms with Crippen LogP contribution in [0, 0.1) is 5.82 Å². The average Bonchev–Trinajstić information content (AvgIpc) is 3.16. The van der Waals surface area contributed by atoms with Crippen molar-refractivity contribution in [3.05, 3.63) is 90.6 Å². The van der Waals surface area contributed by atoms with Crippen molar-refractivity contribution in [1.29, 1.82) is 0 Å².